The largest absolute Gasteiger partial charge is 0.377 e. The Balaban J connectivity index is 2.19. The molecule has 0 saturated carbocycles. The van der Waals surface area contributed by atoms with Gasteiger partial charge in [-0.1, -0.05) is 0 Å². The molecule has 1 amide bonds. The lowest BCUT2D eigenvalue weighted by molar-refractivity contribution is -0.158. The lowest BCUT2D eigenvalue weighted by Crippen LogP contribution is -2.57. The maximum Gasteiger partial charge on any atom is 0.322 e. The Morgan fingerprint density at radius 1 is 1.30 bits per heavy atom. The number of hydrogen-bond donors (Lipinski definition) is 2. The average molecular weight is 385 g/mol. The number of alkyl halides is 2. The summed E-state index contributed by atoms with van der Waals surface area (Å²) in [7, 11) is 0. The van der Waals surface area contributed by atoms with Crippen LogP contribution >= 0.6 is 0 Å². The number of benzene rings is 1. The van der Waals surface area contributed by atoms with Crippen molar-refractivity contribution >= 4 is 11.6 Å². The third-order valence-electron chi connectivity index (χ3n) is 4.48. The second-order valence-corrected chi connectivity index (χ2v) is 6.68. The minimum absolute atomic E-state index is 0.378. The molecule has 0 spiro atoms. The van der Waals surface area contributed by atoms with Gasteiger partial charge in [-0.25, -0.2) is 23.9 Å². The van der Waals surface area contributed by atoms with Gasteiger partial charge in [0.1, 0.15) is 30.0 Å². The summed E-state index contributed by atoms with van der Waals surface area (Å²) in [5.74, 6) is -7.41. The van der Waals surface area contributed by atoms with Crippen molar-refractivity contribution in [3.05, 3.63) is 48.1 Å². The summed E-state index contributed by atoms with van der Waals surface area (Å²) in [4.78, 5) is 15.5. The van der Waals surface area contributed by atoms with Crippen LogP contribution in [-0.4, -0.2) is 37.4 Å². The Morgan fingerprint density at radius 3 is 2.52 bits per heavy atom. The molecule has 11 heteroatoms. The van der Waals surface area contributed by atoms with Crippen LogP contribution in [-0.2, 0) is 16.9 Å². The van der Waals surface area contributed by atoms with Crippen molar-refractivity contribution in [1.82, 2.24) is 20.2 Å². The predicted molar refractivity (Wildman–Crippen MR) is 84.6 cm³/mol. The van der Waals surface area contributed by atoms with Gasteiger partial charge in [0, 0.05) is 11.6 Å². The molecule has 1 unspecified atom stereocenters. The SMILES string of the molecule is CC1(C)C(=O)NN=C1C(F)(F)C(O)(Cn1cncn1)c1ccc(F)cc1F. The van der Waals surface area contributed by atoms with E-state index in [0.29, 0.717) is 12.1 Å². The standard InChI is InChI=1S/C16H15F4N5O2/c1-14(2)12(23-24-13(14)26)16(19,20)15(27,6-25-8-21-7-22-25)10-4-3-9(17)5-11(10)18/h3-5,7-8,27H,6H2,1-2H3,(H,24,26). The number of hydrazone groups is 1. The third kappa shape index (κ3) is 2.87. The van der Waals surface area contributed by atoms with Gasteiger partial charge in [-0.15, -0.1) is 0 Å². The molecule has 1 atom stereocenters. The van der Waals surface area contributed by atoms with Crippen LogP contribution < -0.4 is 5.43 Å². The zero-order valence-corrected chi connectivity index (χ0v) is 14.3. The molecule has 3 rings (SSSR count). The van der Waals surface area contributed by atoms with E-state index in [1.54, 1.807) is 0 Å². The fourth-order valence-electron chi connectivity index (χ4n) is 2.88. The molecule has 27 heavy (non-hydrogen) atoms. The lowest BCUT2D eigenvalue weighted by atomic mass is 9.75. The van der Waals surface area contributed by atoms with Crippen molar-refractivity contribution < 1.29 is 27.5 Å². The van der Waals surface area contributed by atoms with Crippen LogP contribution in [0, 0.1) is 17.0 Å². The van der Waals surface area contributed by atoms with E-state index in [0.717, 1.165) is 23.4 Å². The predicted octanol–water partition coefficient (Wildman–Crippen LogP) is 1.59. The molecular formula is C16H15F4N5O2. The molecule has 1 aliphatic rings. The van der Waals surface area contributed by atoms with Crippen LogP contribution in [0.15, 0.2) is 36.0 Å². The molecule has 7 nitrogen and oxygen atoms in total. The summed E-state index contributed by atoms with van der Waals surface area (Å²) in [5.41, 5.74) is -4.91. The molecule has 0 fully saturated rings. The smallest absolute Gasteiger partial charge is 0.322 e. The molecule has 144 valence electrons. The average Bonchev–Trinajstić information content (AvgIpc) is 3.15. The van der Waals surface area contributed by atoms with E-state index in [1.165, 1.54) is 13.8 Å². The van der Waals surface area contributed by atoms with Crippen LogP contribution in [0.1, 0.15) is 19.4 Å². The number of hydrogen-bond acceptors (Lipinski definition) is 5. The van der Waals surface area contributed by atoms with E-state index >= 15 is 8.78 Å². The highest BCUT2D eigenvalue weighted by Gasteiger charge is 2.64. The highest BCUT2D eigenvalue weighted by atomic mass is 19.3. The summed E-state index contributed by atoms with van der Waals surface area (Å²) in [6.45, 7) is 1.46. The zero-order valence-electron chi connectivity index (χ0n) is 14.3. The highest BCUT2D eigenvalue weighted by molar-refractivity contribution is 6.15. The summed E-state index contributed by atoms with van der Waals surface area (Å²) in [5, 5.41) is 18.0. The Kier molecular flexibility index (Phi) is 4.29. The number of carbonyl (C=O) groups is 1. The molecule has 1 aromatic carbocycles. The monoisotopic (exact) mass is 385 g/mol. The third-order valence-corrected chi connectivity index (χ3v) is 4.48. The van der Waals surface area contributed by atoms with Crippen LogP contribution in [0.2, 0.25) is 0 Å². The highest BCUT2D eigenvalue weighted by Crippen LogP contribution is 2.46. The van der Waals surface area contributed by atoms with E-state index in [4.69, 9.17) is 0 Å². The quantitative estimate of drug-likeness (QED) is 0.765. The summed E-state index contributed by atoms with van der Waals surface area (Å²) in [6.07, 6.45) is 2.09. The number of amides is 1. The van der Waals surface area contributed by atoms with Crippen LogP contribution in [0.4, 0.5) is 17.6 Å². The molecule has 2 aromatic rings. The van der Waals surface area contributed by atoms with Gasteiger partial charge in [0.2, 0.25) is 0 Å². The zero-order chi connectivity index (χ0) is 20.0. The van der Waals surface area contributed by atoms with E-state index in [-0.39, 0.29) is 0 Å². The van der Waals surface area contributed by atoms with Gasteiger partial charge in [0.15, 0.2) is 5.60 Å². The number of rotatable bonds is 5. The fraction of sp³-hybridized carbons (Fsp3) is 0.375. The van der Waals surface area contributed by atoms with Crippen molar-refractivity contribution in [2.24, 2.45) is 10.5 Å². The molecule has 2 heterocycles. The number of carbonyl (C=O) groups excluding carboxylic acids is 1. The van der Waals surface area contributed by atoms with Gasteiger partial charge < -0.3 is 5.11 Å². The molecule has 1 aromatic heterocycles. The van der Waals surface area contributed by atoms with Crippen LogP contribution in [0.5, 0.6) is 0 Å². The Hall–Kier alpha value is -2.82. The van der Waals surface area contributed by atoms with Gasteiger partial charge in [0.05, 0.1) is 12.0 Å². The van der Waals surface area contributed by atoms with E-state index in [1.807, 2.05) is 5.43 Å². The van der Waals surface area contributed by atoms with Crippen molar-refractivity contribution in [3.63, 3.8) is 0 Å². The maximum absolute atomic E-state index is 15.5. The molecule has 0 radical (unpaired) electrons. The summed E-state index contributed by atoms with van der Waals surface area (Å²) >= 11 is 0. The van der Waals surface area contributed by atoms with Crippen molar-refractivity contribution in [2.75, 3.05) is 0 Å². The van der Waals surface area contributed by atoms with E-state index in [9.17, 15) is 18.7 Å². The molecule has 0 aliphatic carbocycles. The van der Waals surface area contributed by atoms with Gasteiger partial charge in [-0.2, -0.15) is 19.0 Å². The van der Waals surface area contributed by atoms with Gasteiger partial charge in [-0.3, -0.25) is 4.79 Å². The van der Waals surface area contributed by atoms with E-state index < -0.39 is 52.3 Å². The molecule has 2 N–H and O–H groups in total. The first-order chi connectivity index (χ1) is 12.5. The van der Waals surface area contributed by atoms with Crippen molar-refractivity contribution in [2.45, 2.75) is 31.9 Å². The number of aromatic nitrogens is 3. The Labute approximate surface area is 150 Å². The molecule has 1 aliphatic heterocycles. The Morgan fingerprint density at radius 2 is 2.00 bits per heavy atom. The minimum Gasteiger partial charge on any atom is -0.377 e. The number of nitrogens with zero attached hydrogens (tertiary/aromatic N) is 4. The van der Waals surface area contributed by atoms with Gasteiger partial charge in [0.25, 0.3) is 5.91 Å². The first-order valence-electron chi connectivity index (χ1n) is 7.77. The minimum atomic E-state index is -4.22. The Bertz CT molecular complexity index is 914. The number of halogens is 4. The second kappa shape index (κ2) is 6.12. The van der Waals surface area contributed by atoms with Gasteiger partial charge in [-0.05, 0) is 26.0 Å². The molecule has 0 bridgehead atoms. The summed E-state index contributed by atoms with van der Waals surface area (Å²) < 4.78 is 59.5. The summed E-state index contributed by atoms with van der Waals surface area (Å²) in [6, 6.07) is 1.84. The van der Waals surface area contributed by atoms with Crippen LogP contribution in [0.25, 0.3) is 0 Å². The van der Waals surface area contributed by atoms with Crippen molar-refractivity contribution in [1.29, 1.82) is 0 Å². The van der Waals surface area contributed by atoms with Crippen LogP contribution in [0.3, 0.4) is 0 Å². The first kappa shape index (κ1) is 19.0. The normalized spacial score (nSPS) is 18.8. The second-order valence-electron chi connectivity index (χ2n) is 6.68. The molecule has 0 saturated heterocycles. The number of nitrogens with one attached hydrogen (secondary N) is 1. The van der Waals surface area contributed by atoms with Crippen molar-refractivity contribution in [3.8, 4) is 0 Å². The molecular weight excluding hydrogens is 370 g/mol. The fourth-order valence-corrected chi connectivity index (χ4v) is 2.88. The van der Waals surface area contributed by atoms with E-state index in [2.05, 4.69) is 15.2 Å². The lowest BCUT2D eigenvalue weighted by Gasteiger charge is -2.38. The van der Waals surface area contributed by atoms with Gasteiger partial charge >= 0.3 is 5.92 Å². The number of aliphatic hydroxyl groups is 1. The first-order valence-corrected chi connectivity index (χ1v) is 7.77. The topological polar surface area (TPSA) is 92.4 Å². The maximum atomic E-state index is 15.5.